The number of unbranched alkanes of at least 4 members (excludes halogenated alkanes) is 2. The van der Waals surface area contributed by atoms with Crippen molar-refractivity contribution in [3.63, 3.8) is 0 Å². The van der Waals surface area contributed by atoms with Crippen molar-refractivity contribution >= 4 is 35.0 Å². The van der Waals surface area contributed by atoms with Gasteiger partial charge in [-0.15, -0.1) is 0 Å². The van der Waals surface area contributed by atoms with E-state index in [9.17, 15) is 19.8 Å². The molecule has 0 bridgehead atoms. The Morgan fingerprint density at radius 2 is 1.59 bits per heavy atom. The van der Waals surface area contributed by atoms with Crippen molar-refractivity contribution in [2.45, 2.75) is 38.6 Å². The number of aromatic nitrogens is 1. The maximum atomic E-state index is 11.4. The number of nitrogens with zero attached hydrogens (tertiary/aromatic N) is 1. The van der Waals surface area contributed by atoms with Gasteiger partial charge in [0.15, 0.2) is 0 Å². The largest absolute Gasteiger partial charge is 0.494 e. The number of benzene rings is 3. The van der Waals surface area contributed by atoms with Crippen molar-refractivity contribution < 1.29 is 24.5 Å². The smallest absolute Gasteiger partial charge is 0.323 e. The summed E-state index contributed by atoms with van der Waals surface area (Å²) in [7, 11) is 0. The van der Waals surface area contributed by atoms with Gasteiger partial charge in [0.25, 0.3) is 0 Å². The number of hydrogen-bond donors (Lipinski definition) is 2. The quantitative estimate of drug-likeness (QED) is 0.167. The maximum Gasteiger partial charge on any atom is 0.323 e. The maximum absolute atomic E-state index is 11.4. The molecule has 6 heteroatoms. The summed E-state index contributed by atoms with van der Waals surface area (Å²) in [5, 5.41) is 19.3. The molecular formula is C31H31NO5. The monoisotopic (exact) mass is 497 g/mol. The van der Waals surface area contributed by atoms with Crippen LogP contribution in [-0.2, 0) is 29.0 Å². The second-order valence-corrected chi connectivity index (χ2v) is 9.03. The van der Waals surface area contributed by atoms with Crippen LogP contribution in [0.15, 0.2) is 79.0 Å². The molecule has 4 aromatic rings. The number of carbonyl (C=O) groups is 2. The van der Waals surface area contributed by atoms with Gasteiger partial charge in [0, 0.05) is 17.1 Å². The fraction of sp³-hybridized carbons (Fsp3) is 0.226. The summed E-state index contributed by atoms with van der Waals surface area (Å²) in [5.41, 5.74) is 4.50. The Morgan fingerprint density at radius 3 is 2.32 bits per heavy atom. The van der Waals surface area contributed by atoms with Gasteiger partial charge in [-0.3, -0.25) is 9.59 Å². The number of hydrogen-bond acceptors (Lipinski definition) is 3. The molecule has 3 aromatic carbocycles. The van der Waals surface area contributed by atoms with E-state index >= 15 is 0 Å². The molecule has 37 heavy (non-hydrogen) atoms. The zero-order valence-corrected chi connectivity index (χ0v) is 20.7. The van der Waals surface area contributed by atoms with Crippen LogP contribution in [0.3, 0.4) is 0 Å². The Labute approximate surface area is 216 Å². The molecule has 0 unspecified atom stereocenters. The number of fused-ring (bicyclic) bond motifs is 1. The van der Waals surface area contributed by atoms with Gasteiger partial charge in [0.2, 0.25) is 0 Å². The number of rotatable bonds is 13. The zero-order chi connectivity index (χ0) is 26.0. The van der Waals surface area contributed by atoms with E-state index in [2.05, 4.69) is 24.3 Å². The fourth-order valence-corrected chi connectivity index (χ4v) is 4.49. The molecule has 1 aromatic heterocycles. The van der Waals surface area contributed by atoms with Crippen LogP contribution < -0.4 is 4.74 Å². The lowest BCUT2D eigenvalue weighted by Gasteiger charge is -2.07. The van der Waals surface area contributed by atoms with Crippen molar-refractivity contribution in [1.29, 1.82) is 0 Å². The second-order valence-electron chi connectivity index (χ2n) is 9.03. The van der Waals surface area contributed by atoms with Crippen LogP contribution in [0.1, 0.15) is 41.5 Å². The Morgan fingerprint density at radius 1 is 0.811 bits per heavy atom. The normalized spacial score (nSPS) is 11.2. The van der Waals surface area contributed by atoms with Crippen molar-refractivity contribution in [2.75, 3.05) is 6.61 Å². The summed E-state index contributed by atoms with van der Waals surface area (Å²) in [6.07, 6.45) is 9.72. The van der Waals surface area contributed by atoms with Crippen molar-refractivity contribution in [2.24, 2.45) is 0 Å². The highest BCUT2D eigenvalue weighted by molar-refractivity contribution is 5.96. The van der Waals surface area contributed by atoms with Gasteiger partial charge in [0.05, 0.1) is 13.0 Å². The van der Waals surface area contributed by atoms with Crippen LogP contribution >= 0.6 is 0 Å². The predicted molar refractivity (Wildman–Crippen MR) is 146 cm³/mol. The Kier molecular flexibility index (Phi) is 8.76. The summed E-state index contributed by atoms with van der Waals surface area (Å²) < 4.78 is 7.47. The number of ether oxygens (including phenoxy) is 1. The number of carboxylic acids is 2. The Hall–Kier alpha value is -4.32. The molecule has 190 valence electrons. The summed E-state index contributed by atoms with van der Waals surface area (Å²) in [5.74, 6) is -1.11. The van der Waals surface area contributed by atoms with Crippen LogP contribution in [0.5, 0.6) is 5.75 Å². The van der Waals surface area contributed by atoms with Gasteiger partial charge >= 0.3 is 11.9 Å². The van der Waals surface area contributed by atoms with Gasteiger partial charge in [-0.05, 0) is 66.1 Å². The van der Waals surface area contributed by atoms with E-state index in [0.717, 1.165) is 47.9 Å². The molecule has 6 nitrogen and oxygen atoms in total. The SMILES string of the molecule is O=C(O)Cc1cn(CC(=O)O)c2cccc(C=Cc3ccc(OCCCCCc4ccccc4)cc3)c12. The molecule has 0 amide bonds. The zero-order valence-electron chi connectivity index (χ0n) is 20.7. The second kappa shape index (κ2) is 12.6. The summed E-state index contributed by atoms with van der Waals surface area (Å²) in [6.45, 7) is 0.462. The topological polar surface area (TPSA) is 88.8 Å². The van der Waals surface area contributed by atoms with Gasteiger partial charge in [-0.2, -0.15) is 0 Å². The molecule has 0 aliphatic carbocycles. The van der Waals surface area contributed by atoms with Gasteiger partial charge < -0.3 is 19.5 Å². The lowest BCUT2D eigenvalue weighted by Crippen LogP contribution is -2.07. The minimum atomic E-state index is -0.978. The molecule has 0 saturated heterocycles. The fourth-order valence-electron chi connectivity index (χ4n) is 4.49. The standard InChI is InChI=1S/C31H31NO5/c33-29(34)20-26-21-32(22-30(35)36)28-12-7-11-25(31(26)28)16-13-24-14-17-27(18-15-24)37-19-6-2-5-10-23-8-3-1-4-9-23/h1,3-4,7-9,11-18,21H,2,5-6,10,19-20,22H2,(H,33,34)(H,35,36). The summed E-state index contributed by atoms with van der Waals surface area (Å²) >= 11 is 0. The highest BCUT2D eigenvalue weighted by atomic mass is 16.5. The van der Waals surface area contributed by atoms with E-state index < -0.39 is 11.9 Å². The van der Waals surface area contributed by atoms with Crippen LogP contribution in [0.2, 0.25) is 0 Å². The molecule has 0 atom stereocenters. The number of aryl methyl sites for hydroxylation is 1. The lowest BCUT2D eigenvalue weighted by atomic mass is 10.0. The summed E-state index contributed by atoms with van der Waals surface area (Å²) in [4.78, 5) is 22.7. The van der Waals surface area contributed by atoms with Crippen LogP contribution in [0.25, 0.3) is 23.1 Å². The lowest BCUT2D eigenvalue weighted by molar-refractivity contribution is -0.138. The molecule has 4 rings (SSSR count). The third kappa shape index (κ3) is 7.34. The van der Waals surface area contributed by atoms with E-state index in [4.69, 9.17) is 4.74 Å². The summed E-state index contributed by atoms with van der Waals surface area (Å²) in [6, 6.07) is 24.0. The number of carboxylic acid groups (broad SMARTS) is 2. The average Bonchev–Trinajstić information content (AvgIpc) is 3.22. The molecule has 0 spiro atoms. The highest BCUT2D eigenvalue weighted by Crippen LogP contribution is 2.28. The first kappa shape index (κ1) is 25.8. The first-order valence-corrected chi connectivity index (χ1v) is 12.5. The van der Waals surface area contributed by atoms with E-state index in [1.165, 1.54) is 5.56 Å². The molecule has 0 aliphatic rings. The van der Waals surface area contributed by atoms with Crippen molar-refractivity contribution in [1.82, 2.24) is 4.57 Å². The Balaban J connectivity index is 1.36. The van der Waals surface area contributed by atoms with Crippen molar-refractivity contribution in [3.8, 4) is 5.75 Å². The third-order valence-electron chi connectivity index (χ3n) is 6.22. The van der Waals surface area contributed by atoms with Gasteiger partial charge in [-0.25, -0.2) is 0 Å². The van der Waals surface area contributed by atoms with Crippen molar-refractivity contribution in [3.05, 3.63) is 101 Å². The molecule has 2 N–H and O–H groups in total. The van der Waals surface area contributed by atoms with Gasteiger partial charge in [0.1, 0.15) is 12.3 Å². The molecule has 0 fully saturated rings. The molecule has 1 heterocycles. The average molecular weight is 498 g/mol. The predicted octanol–water partition coefficient (Wildman–Crippen LogP) is 6.32. The molecule has 0 aliphatic heterocycles. The van der Waals surface area contributed by atoms with Crippen LogP contribution in [0.4, 0.5) is 0 Å². The van der Waals surface area contributed by atoms with Crippen LogP contribution in [-0.4, -0.2) is 33.3 Å². The first-order chi connectivity index (χ1) is 18.0. The van der Waals surface area contributed by atoms with Gasteiger partial charge in [-0.1, -0.05) is 66.7 Å². The molecule has 0 radical (unpaired) electrons. The minimum Gasteiger partial charge on any atom is -0.494 e. The van der Waals surface area contributed by atoms with E-state index in [1.807, 2.05) is 60.7 Å². The first-order valence-electron chi connectivity index (χ1n) is 12.5. The molecular weight excluding hydrogens is 466 g/mol. The van der Waals surface area contributed by atoms with Crippen LogP contribution in [0, 0.1) is 0 Å². The minimum absolute atomic E-state index is 0.174. The third-order valence-corrected chi connectivity index (χ3v) is 6.22. The molecule has 0 saturated carbocycles. The Bertz CT molecular complexity index is 1370. The highest BCUT2D eigenvalue weighted by Gasteiger charge is 2.15. The number of aliphatic carboxylic acids is 2. The van der Waals surface area contributed by atoms with E-state index in [1.54, 1.807) is 10.8 Å². The van der Waals surface area contributed by atoms with E-state index in [-0.39, 0.29) is 13.0 Å². The van der Waals surface area contributed by atoms with E-state index in [0.29, 0.717) is 17.7 Å².